The Hall–Kier alpha value is -1.72. The van der Waals surface area contributed by atoms with E-state index in [9.17, 15) is 18.0 Å². The molecule has 0 aliphatic heterocycles. The lowest BCUT2D eigenvalue weighted by Crippen LogP contribution is -2.11. The third-order valence-electron chi connectivity index (χ3n) is 1.94. The molecule has 1 rings (SSSR count). The molecular weight excluding hydrogens is 223 g/mol. The van der Waals surface area contributed by atoms with Gasteiger partial charge in [-0.2, -0.15) is 13.2 Å². The predicted octanol–water partition coefficient (Wildman–Crippen LogP) is 1.87. The van der Waals surface area contributed by atoms with Crippen molar-refractivity contribution in [3.8, 4) is 5.75 Å². The van der Waals surface area contributed by atoms with Gasteiger partial charge in [0.25, 0.3) is 0 Å². The van der Waals surface area contributed by atoms with E-state index in [-0.39, 0.29) is 12.3 Å². The van der Waals surface area contributed by atoms with E-state index in [1.807, 2.05) is 0 Å². The minimum Gasteiger partial charge on any atom is -0.496 e. The van der Waals surface area contributed by atoms with Gasteiger partial charge in [0, 0.05) is 6.54 Å². The second-order valence-electron chi connectivity index (χ2n) is 2.99. The maximum Gasteiger partial charge on any atom is 0.419 e. The van der Waals surface area contributed by atoms with Crippen LogP contribution in [0, 0.1) is 0 Å². The molecule has 0 bridgehead atoms. The van der Waals surface area contributed by atoms with Gasteiger partial charge in [-0.25, -0.2) is 0 Å². The average Bonchev–Trinajstić information content (AvgIpc) is 2.24. The zero-order chi connectivity index (χ0) is 12.2. The van der Waals surface area contributed by atoms with Crippen molar-refractivity contribution in [1.29, 1.82) is 0 Å². The molecule has 0 unspecified atom stereocenters. The lowest BCUT2D eigenvalue weighted by Gasteiger charge is -2.12. The average molecular weight is 232 g/mol. The standard InChI is InChI=1S/C10H9F3NO2/c1-16-9-4-7(5-14-6-15)2-3-8(9)10(11,12)13/h2-4H,5H2,1H3,(H,14,15). The van der Waals surface area contributed by atoms with E-state index in [4.69, 9.17) is 0 Å². The molecule has 0 heterocycles. The summed E-state index contributed by atoms with van der Waals surface area (Å²) in [5.41, 5.74) is -0.331. The zero-order valence-electron chi connectivity index (χ0n) is 8.39. The fourth-order valence-electron chi connectivity index (χ4n) is 1.22. The van der Waals surface area contributed by atoms with Crippen LogP contribution < -0.4 is 10.1 Å². The van der Waals surface area contributed by atoms with E-state index in [0.717, 1.165) is 13.2 Å². The molecular formula is C10H9F3NO2. The quantitative estimate of drug-likeness (QED) is 0.805. The summed E-state index contributed by atoms with van der Waals surface area (Å²) in [6, 6.07) is 3.42. The van der Waals surface area contributed by atoms with Crippen molar-refractivity contribution in [3.63, 3.8) is 0 Å². The number of amides is 1. The van der Waals surface area contributed by atoms with E-state index < -0.39 is 11.7 Å². The number of hydrogen-bond acceptors (Lipinski definition) is 2. The van der Waals surface area contributed by atoms with Gasteiger partial charge in [-0.3, -0.25) is 4.79 Å². The summed E-state index contributed by atoms with van der Waals surface area (Å²) in [5, 5.41) is 2.23. The molecule has 87 valence electrons. The molecule has 16 heavy (non-hydrogen) atoms. The van der Waals surface area contributed by atoms with Crippen LogP contribution in [-0.2, 0) is 17.5 Å². The first kappa shape index (κ1) is 12.4. The SMILES string of the molecule is COc1cc(CN[C]=O)ccc1C(F)(F)F. The Labute approximate surface area is 90.2 Å². The molecule has 1 N–H and O–H groups in total. The molecule has 0 fully saturated rings. The van der Waals surface area contributed by atoms with Gasteiger partial charge in [0.05, 0.1) is 12.7 Å². The summed E-state index contributed by atoms with van der Waals surface area (Å²) in [5.74, 6) is -0.266. The van der Waals surface area contributed by atoms with Crippen LogP contribution in [0.3, 0.4) is 0 Å². The number of methoxy groups -OCH3 is 1. The third-order valence-corrected chi connectivity index (χ3v) is 1.94. The van der Waals surface area contributed by atoms with Gasteiger partial charge in [-0.05, 0) is 17.7 Å². The number of rotatable bonds is 4. The minimum atomic E-state index is -4.45. The predicted molar refractivity (Wildman–Crippen MR) is 50.5 cm³/mol. The van der Waals surface area contributed by atoms with Crippen LogP contribution in [0.5, 0.6) is 5.75 Å². The Kier molecular flexibility index (Phi) is 3.76. The molecule has 3 nitrogen and oxygen atoms in total. The van der Waals surface area contributed by atoms with Gasteiger partial charge in [-0.1, -0.05) is 6.07 Å². The highest BCUT2D eigenvalue weighted by Gasteiger charge is 2.34. The highest BCUT2D eigenvalue weighted by atomic mass is 19.4. The highest BCUT2D eigenvalue weighted by molar-refractivity contribution is 5.48. The third kappa shape index (κ3) is 2.88. The van der Waals surface area contributed by atoms with Crippen molar-refractivity contribution in [2.45, 2.75) is 12.7 Å². The largest absolute Gasteiger partial charge is 0.496 e. The topological polar surface area (TPSA) is 38.3 Å². The lowest BCUT2D eigenvalue weighted by atomic mass is 10.1. The second-order valence-corrected chi connectivity index (χ2v) is 2.99. The van der Waals surface area contributed by atoms with Crippen LogP contribution >= 0.6 is 0 Å². The smallest absolute Gasteiger partial charge is 0.419 e. The van der Waals surface area contributed by atoms with Crippen LogP contribution in [0.15, 0.2) is 18.2 Å². The Bertz CT molecular complexity index is 377. The van der Waals surface area contributed by atoms with Crippen molar-refractivity contribution in [2.75, 3.05) is 7.11 Å². The lowest BCUT2D eigenvalue weighted by molar-refractivity contribution is -0.138. The summed E-state index contributed by atoms with van der Waals surface area (Å²) in [6.07, 6.45) is -3.01. The molecule has 1 amide bonds. The number of benzene rings is 1. The highest BCUT2D eigenvalue weighted by Crippen LogP contribution is 2.36. The molecule has 0 saturated carbocycles. The molecule has 1 aromatic rings. The van der Waals surface area contributed by atoms with E-state index >= 15 is 0 Å². The van der Waals surface area contributed by atoms with Crippen molar-refractivity contribution in [2.24, 2.45) is 0 Å². The van der Waals surface area contributed by atoms with Crippen LogP contribution in [-0.4, -0.2) is 13.5 Å². The first-order valence-corrected chi connectivity index (χ1v) is 4.33. The summed E-state index contributed by atoms with van der Waals surface area (Å²) >= 11 is 0. The zero-order valence-corrected chi connectivity index (χ0v) is 8.39. The number of alkyl halides is 3. The van der Waals surface area contributed by atoms with E-state index in [1.165, 1.54) is 18.5 Å². The van der Waals surface area contributed by atoms with Crippen molar-refractivity contribution < 1.29 is 22.7 Å². The fraction of sp³-hybridized carbons (Fsp3) is 0.300. The molecule has 1 aromatic carbocycles. The minimum absolute atomic E-state index is 0.109. The second kappa shape index (κ2) is 4.87. The molecule has 0 aromatic heterocycles. The normalized spacial score (nSPS) is 11.0. The Morgan fingerprint density at radius 1 is 1.44 bits per heavy atom. The first-order valence-electron chi connectivity index (χ1n) is 4.33. The molecule has 0 atom stereocenters. The van der Waals surface area contributed by atoms with Crippen LogP contribution in [0.4, 0.5) is 13.2 Å². The Morgan fingerprint density at radius 3 is 2.62 bits per heavy atom. The number of halogens is 3. The van der Waals surface area contributed by atoms with Crippen LogP contribution in [0.25, 0.3) is 0 Å². The monoisotopic (exact) mass is 232 g/mol. The van der Waals surface area contributed by atoms with Gasteiger partial charge in [0.15, 0.2) is 0 Å². The molecule has 0 aliphatic carbocycles. The van der Waals surface area contributed by atoms with E-state index in [1.54, 1.807) is 0 Å². The number of carbonyl (C=O) groups excluding carboxylic acids is 1. The van der Waals surface area contributed by atoms with Crippen molar-refractivity contribution in [3.05, 3.63) is 29.3 Å². The maximum absolute atomic E-state index is 12.5. The summed E-state index contributed by atoms with van der Waals surface area (Å²) < 4.78 is 42.0. The van der Waals surface area contributed by atoms with Gasteiger partial charge < -0.3 is 10.1 Å². The van der Waals surface area contributed by atoms with Crippen LogP contribution in [0.1, 0.15) is 11.1 Å². The molecule has 6 heteroatoms. The Balaban J connectivity index is 3.02. The molecule has 0 saturated heterocycles. The van der Waals surface area contributed by atoms with Gasteiger partial charge >= 0.3 is 12.6 Å². The number of hydrogen-bond donors (Lipinski definition) is 1. The first-order chi connectivity index (χ1) is 7.49. The van der Waals surface area contributed by atoms with E-state index in [0.29, 0.717) is 5.56 Å². The van der Waals surface area contributed by atoms with Crippen molar-refractivity contribution >= 4 is 6.41 Å². The number of nitrogens with one attached hydrogen (secondary N) is 1. The number of ether oxygens (including phenoxy) is 1. The van der Waals surface area contributed by atoms with Gasteiger partial charge in [0.1, 0.15) is 5.75 Å². The molecule has 0 spiro atoms. The Morgan fingerprint density at radius 2 is 2.12 bits per heavy atom. The molecule has 1 radical (unpaired) electrons. The summed E-state index contributed by atoms with van der Waals surface area (Å²) in [4.78, 5) is 9.91. The van der Waals surface area contributed by atoms with E-state index in [2.05, 4.69) is 10.1 Å². The van der Waals surface area contributed by atoms with Gasteiger partial charge in [-0.15, -0.1) is 0 Å². The van der Waals surface area contributed by atoms with Crippen LogP contribution in [0.2, 0.25) is 0 Å². The summed E-state index contributed by atoms with van der Waals surface area (Å²) in [7, 11) is 1.16. The fourth-order valence-corrected chi connectivity index (χ4v) is 1.22. The molecule has 0 aliphatic rings. The van der Waals surface area contributed by atoms with Gasteiger partial charge in [0.2, 0.25) is 0 Å². The summed E-state index contributed by atoms with van der Waals surface area (Å²) in [6.45, 7) is 0.109. The maximum atomic E-state index is 12.5. The van der Waals surface area contributed by atoms with Crippen molar-refractivity contribution in [1.82, 2.24) is 5.32 Å².